The number of urea groups is 1. The molecule has 2 amide bonds. The Morgan fingerprint density at radius 1 is 1.14 bits per heavy atom. The maximum atomic E-state index is 13.8. The van der Waals surface area contributed by atoms with Crippen LogP contribution in [0.3, 0.4) is 0 Å². The molecule has 7 heteroatoms. The number of nitrogens with zero attached hydrogens (tertiary/aromatic N) is 1. The van der Waals surface area contributed by atoms with E-state index in [0.717, 1.165) is 0 Å². The molecule has 109 valence electrons. The highest BCUT2D eigenvalue weighted by atomic mass is 19.4. The molecule has 0 saturated carbocycles. The number of hydrogen-bond donors (Lipinski definition) is 1. The Balaban J connectivity index is 2.59. The zero-order valence-corrected chi connectivity index (χ0v) is 10.5. The Kier molecular flexibility index (Phi) is 3.84. The standard InChI is InChI=1S/C14H9F4N2O/c15-11-7-6-9(14(16,17)18)8-12(11)20(13(19)21)10-4-2-1-3-5-10/h2-8H,(H2,19,21). The highest BCUT2D eigenvalue weighted by molar-refractivity contribution is 5.98. The van der Waals surface area contributed by atoms with Crippen molar-refractivity contribution < 1.29 is 22.4 Å². The lowest BCUT2D eigenvalue weighted by Crippen LogP contribution is -2.32. The minimum absolute atomic E-state index is 0.138. The summed E-state index contributed by atoms with van der Waals surface area (Å²) in [6.45, 7) is 0. The SMILES string of the molecule is NC(=O)N(c1cc[c]cc1)c1cc(C(F)(F)F)ccc1F. The second-order valence-electron chi connectivity index (χ2n) is 4.10. The molecule has 0 aliphatic carbocycles. The Morgan fingerprint density at radius 2 is 1.76 bits per heavy atom. The molecule has 21 heavy (non-hydrogen) atoms. The summed E-state index contributed by atoms with van der Waals surface area (Å²) in [5.74, 6) is -0.991. The molecule has 0 bridgehead atoms. The van der Waals surface area contributed by atoms with E-state index in [-0.39, 0.29) is 5.69 Å². The summed E-state index contributed by atoms with van der Waals surface area (Å²) < 4.78 is 51.9. The van der Waals surface area contributed by atoms with Crippen LogP contribution in [0.25, 0.3) is 0 Å². The van der Waals surface area contributed by atoms with Gasteiger partial charge in [0.15, 0.2) is 0 Å². The van der Waals surface area contributed by atoms with Crippen LogP contribution in [-0.4, -0.2) is 6.03 Å². The fraction of sp³-hybridized carbons (Fsp3) is 0.0714. The van der Waals surface area contributed by atoms with Crippen LogP contribution < -0.4 is 10.6 Å². The molecule has 0 fully saturated rings. The van der Waals surface area contributed by atoms with E-state index in [1.165, 1.54) is 24.3 Å². The molecule has 0 atom stereocenters. The molecule has 1 radical (unpaired) electrons. The zero-order valence-electron chi connectivity index (χ0n) is 10.5. The second kappa shape index (κ2) is 5.43. The van der Waals surface area contributed by atoms with Crippen LogP contribution in [0.5, 0.6) is 0 Å². The highest BCUT2D eigenvalue weighted by Gasteiger charge is 2.32. The summed E-state index contributed by atoms with van der Waals surface area (Å²) >= 11 is 0. The van der Waals surface area contributed by atoms with Crippen molar-refractivity contribution in [3.8, 4) is 0 Å². The number of primary amides is 1. The summed E-state index contributed by atoms with van der Waals surface area (Å²) in [6.07, 6.45) is -4.66. The lowest BCUT2D eigenvalue weighted by molar-refractivity contribution is -0.137. The first-order chi connectivity index (χ1) is 9.80. The molecule has 0 unspecified atom stereocenters. The molecule has 0 heterocycles. The largest absolute Gasteiger partial charge is 0.416 e. The Bertz CT molecular complexity index is 656. The highest BCUT2D eigenvalue weighted by Crippen LogP contribution is 2.35. The van der Waals surface area contributed by atoms with Crippen molar-refractivity contribution in [3.63, 3.8) is 0 Å². The lowest BCUT2D eigenvalue weighted by atomic mass is 10.1. The van der Waals surface area contributed by atoms with Crippen molar-refractivity contribution in [2.45, 2.75) is 6.18 Å². The Morgan fingerprint density at radius 3 is 2.29 bits per heavy atom. The molecule has 2 aromatic carbocycles. The number of carbonyl (C=O) groups is 1. The fourth-order valence-electron chi connectivity index (χ4n) is 1.77. The number of carbonyl (C=O) groups excluding carboxylic acids is 1. The quantitative estimate of drug-likeness (QED) is 0.841. The van der Waals surface area contributed by atoms with Gasteiger partial charge in [0.25, 0.3) is 0 Å². The molecule has 0 saturated heterocycles. The van der Waals surface area contributed by atoms with Crippen LogP contribution in [0.2, 0.25) is 0 Å². The van der Waals surface area contributed by atoms with Crippen LogP contribution >= 0.6 is 0 Å². The monoisotopic (exact) mass is 297 g/mol. The normalized spacial score (nSPS) is 11.2. The molecule has 0 aliphatic heterocycles. The zero-order chi connectivity index (χ0) is 15.6. The van der Waals surface area contributed by atoms with Gasteiger partial charge in [-0.25, -0.2) is 9.18 Å². The summed E-state index contributed by atoms with van der Waals surface area (Å²) in [5.41, 5.74) is 3.65. The van der Waals surface area contributed by atoms with E-state index in [0.29, 0.717) is 23.1 Å². The molecular weight excluding hydrogens is 288 g/mol. The predicted molar refractivity (Wildman–Crippen MR) is 68.4 cm³/mol. The van der Waals surface area contributed by atoms with Gasteiger partial charge in [0.2, 0.25) is 0 Å². The summed E-state index contributed by atoms with van der Waals surface area (Å²) in [4.78, 5) is 12.2. The number of alkyl halides is 3. The predicted octanol–water partition coefficient (Wildman–Crippen LogP) is 3.86. The average molecular weight is 297 g/mol. The van der Waals surface area contributed by atoms with Crippen LogP contribution in [-0.2, 0) is 6.18 Å². The number of benzene rings is 2. The van der Waals surface area contributed by atoms with Gasteiger partial charge in [0, 0.05) is 0 Å². The minimum atomic E-state index is -4.66. The first kappa shape index (κ1) is 14.8. The minimum Gasteiger partial charge on any atom is -0.351 e. The van der Waals surface area contributed by atoms with Crippen molar-refractivity contribution in [3.05, 3.63) is 59.9 Å². The van der Waals surface area contributed by atoms with Crippen molar-refractivity contribution in [2.75, 3.05) is 4.90 Å². The van der Waals surface area contributed by atoms with E-state index < -0.39 is 29.3 Å². The number of hydrogen-bond acceptors (Lipinski definition) is 1. The van der Waals surface area contributed by atoms with Crippen molar-refractivity contribution >= 4 is 17.4 Å². The summed E-state index contributed by atoms with van der Waals surface area (Å²) in [6, 6.07) is 8.97. The van der Waals surface area contributed by atoms with Crippen molar-refractivity contribution in [2.24, 2.45) is 5.73 Å². The lowest BCUT2D eigenvalue weighted by Gasteiger charge is -2.22. The van der Waals surface area contributed by atoms with Crippen LogP contribution in [0, 0.1) is 11.9 Å². The number of nitrogens with two attached hydrogens (primary N) is 1. The van der Waals surface area contributed by atoms with Gasteiger partial charge in [-0.1, -0.05) is 12.1 Å². The maximum absolute atomic E-state index is 13.8. The number of anilines is 2. The number of halogens is 4. The van der Waals surface area contributed by atoms with Crippen LogP contribution in [0.15, 0.2) is 42.5 Å². The van der Waals surface area contributed by atoms with Gasteiger partial charge in [-0.05, 0) is 36.4 Å². The number of rotatable bonds is 2. The Labute approximate surface area is 117 Å². The van der Waals surface area contributed by atoms with E-state index in [1.807, 2.05) is 0 Å². The van der Waals surface area contributed by atoms with Gasteiger partial charge < -0.3 is 5.73 Å². The van der Waals surface area contributed by atoms with E-state index in [9.17, 15) is 22.4 Å². The van der Waals surface area contributed by atoms with Crippen LogP contribution in [0.1, 0.15) is 5.56 Å². The van der Waals surface area contributed by atoms with E-state index in [2.05, 4.69) is 6.07 Å². The van der Waals surface area contributed by atoms with Gasteiger partial charge in [-0.3, -0.25) is 4.90 Å². The molecule has 0 aromatic heterocycles. The number of amides is 2. The van der Waals surface area contributed by atoms with E-state index >= 15 is 0 Å². The molecule has 0 spiro atoms. The van der Waals surface area contributed by atoms with E-state index in [4.69, 9.17) is 5.73 Å². The summed E-state index contributed by atoms with van der Waals surface area (Å²) in [7, 11) is 0. The maximum Gasteiger partial charge on any atom is 0.416 e. The third kappa shape index (κ3) is 3.13. The topological polar surface area (TPSA) is 46.3 Å². The van der Waals surface area contributed by atoms with Gasteiger partial charge in [0.05, 0.1) is 16.9 Å². The second-order valence-corrected chi connectivity index (χ2v) is 4.10. The van der Waals surface area contributed by atoms with Gasteiger partial charge in [-0.15, -0.1) is 0 Å². The average Bonchev–Trinajstić information content (AvgIpc) is 2.40. The smallest absolute Gasteiger partial charge is 0.351 e. The third-order valence-electron chi connectivity index (χ3n) is 2.69. The molecule has 2 N–H and O–H groups in total. The molecular formula is C14H9F4N2O. The van der Waals surface area contributed by atoms with Crippen molar-refractivity contribution in [1.29, 1.82) is 0 Å². The summed E-state index contributed by atoms with van der Waals surface area (Å²) in [5, 5.41) is 0. The molecule has 2 rings (SSSR count). The van der Waals surface area contributed by atoms with Gasteiger partial charge in [-0.2, -0.15) is 13.2 Å². The first-order valence-corrected chi connectivity index (χ1v) is 5.73. The molecule has 3 nitrogen and oxygen atoms in total. The fourth-order valence-corrected chi connectivity index (χ4v) is 1.77. The Hall–Kier alpha value is -2.57. The third-order valence-corrected chi connectivity index (χ3v) is 2.69. The molecule has 0 aliphatic rings. The van der Waals surface area contributed by atoms with Crippen molar-refractivity contribution in [1.82, 2.24) is 0 Å². The first-order valence-electron chi connectivity index (χ1n) is 5.73. The molecule has 2 aromatic rings. The van der Waals surface area contributed by atoms with Gasteiger partial charge in [0.1, 0.15) is 5.82 Å². The van der Waals surface area contributed by atoms with E-state index in [1.54, 1.807) is 0 Å². The van der Waals surface area contributed by atoms with Gasteiger partial charge >= 0.3 is 12.2 Å². The van der Waals surface area contributed by atoms with Crippen LogP contribution in [0.4, 0.5) is 33.7 Å².